The normalized spacial score (nSPS) is 10.1. The van der Waals surface area contributed by atoms with Crippen molar-refractivity contribution in [3.63, 3.8) is 0 Å². The second-order valence-corrected chi connectivity index (χ2v) is 4.15. The summed E-state index contributed by atoms with van der Waals surface area (Å²) in [6.45, 7) is 4.07. The lowest BCUT2D eigenvalue weighted by Crippen LogP contribution is -2.38. The first kappa shape index (κ1) is 13.2. The third-order valence-corrected chi connectivity index (χ3v) is 2.13. The van der Waals surface area contributed by atoms with E-state index in [1.807, 2.05) is 13.8 Å². The summed E-state index contributed by atoms with van der Waals surface area (Å²) in [5.74, 6) is 0.610. The van der Waals surface area contributed by atoms with Crippen molar-refractivity contribution in [3.05, 3.63) is 23.9 Å². The van der Waals surface area contributed by atoms with Gasteiger partial charge >= 0.3 is 0 Å². The zero-order valence-corrected chi connectivity index (χ0v) is 10.3. The van der Waals surface area contributed by atoms with Crippen LogP contribution in [-0.2, 0) is 4.79 Å². The minimum absolute atomic E-state index is 0.0521. The van der Waals surface area contributed by atoms with E-state index < -0.39 is 0 Å². The molecule has 0 aromatic carbocycles. The van der Waals surface area contributed by atoms with Crippen LogP contribution in [0.15, 0.2) is 18.3 Å². The van der Waals surface area contributed by atoms with Gasteiger partial charge in [-0.2, -0.15) is 0 Å². The maximum absolute atomic E-state index is 11.5. The minimum Gasteiger partial charge on any atom is -0.352 e. The molecule has 0 aliphatic heterocycles. The van der Waals surface area contributed by atoms with Crippen molar-refractivity contribution in [2.75, 3.05) is 18.5 Å². The summed E-state index contributed by atoms with van der Waals surface area (Å²) in [7, 11) is 1.78. The number of hydrogen-bond donors (Lipinski definition) is 1. The van der Waals surface area contributed by atoms with Gasteiger partial charge in [-0.3, -0.25) is 9.59 Å². The number of hydrogen-bond acceptors (Lipinski definition) is 4. The van der Waals surface area contributed by atoms with Gasteiger partial charge in [0.2, 0.25) is 5.91 Å². The molecule has 0 aliphatic carbocycles. The summed E-state index contributed by atoms with van der Waals surface area (Å²) in [4.78, 5) is 27.8. The number of amides is 1. The van der Waals surface area contributed by atoms with Gasteiger partial charge in [-0.25, -0.2) is 4.98 Å². The molecule has 17 heavy (non-hydrogen) atoms. The van der Waals surface area contributed by atoms with Gasteiger partial charge in [-0.05, 0) is 26.0 Å². The van der Waals surface area contributed by atoms with Crippen molar-refractivity contribution in [2.24, 2.45) is 0 Å². The molecule has 1 amide bonds. The Labute approximate surface area is 101 Å². The van der Waals surface area contributed by atoms with E-state index in [-0.39, 0.29) is 18.5 Å². The van der Waals surface area contributed by atoms with Gasteiger partial charge in [-0.1, -0.05) is 0 Å². The topological polar surface area (TPSA) is 62.3 Å². The van der Waals surface area contributed by atoms with Gasteiger partial charge < -0.3 is 10.2 Å². The van der Waals surface area contributed by atoms with Crippen LogP contribution in [0.3, 0.4) is 0 Å². The van der Waals surface area contributed by atoms with Crippen molar-refractivity contribution in [3.8, 4) is 0 Å². The first-order valence-electron chi connectivity index (χ1n) is 5.44. The molecule has 5 heteroatoms. The molecule has 1 aromatic rings. The van der Waals surface area contributed by atoms with E-state index in [4.69, 9.17) is 0 Å². The zero-order valence-electron chi connectivity index (χ0n) is 10.3. The molecule has 1 rings (SSSR count). The number of aromatic nitrogens is 1. The van der Waals surface area contributed by atoms with Crippen molar-refractivity contribution in [1.82, 2.24) is 10.3 Å². The Morgan fingerprint density at radius 1 is 1.53 bits per heavy atom. The van der Waals surface area contributed by atoms with Crippen LogP contribution < -0.4 is 10.2 Å². The van der Waals surface area contributed by atoms with Crippen LogP contribution in [0.25, 0.3) is 0 Å². The SMILES string of the molecule is CC(C)NC(=O)CN(C)c1ccc(C=O)cn1. The molecule has 0 unspecified atom stereocenters. The van der Waals surface area contributed by atoms with E-state index >= 15 is 0 Å². The Kier molecular flexibility index (Phi) is 4.63. The highest BCUT2D eigenvalue weighted by Gasteiger charge is 2.09. The number of likely N-dealkylation sites (N-methyl/N-ethyl adjacent to an activating group) is 1. The fourth-order valence-corrected chi connectivity index (χ4v) is 1.36. The van der Waals surface area contributed by atoms with Crippen LogP contribution >= 0.6 is 0 Å². The average Bonchev–Trinajstić information content (AvgIpc) is 2.28. The number of nitrogens with zero attached hydrogens (tertiary/aromatic N) is 2. The molecular weight excluding hydrogens is 218 g/mol. The highest BCUT2D eigenvalue weighted by atomic mass is 16.2. The van der Waals surface area contributed by atoms with E-state index in [1.54, 1.807) is 24.1 Å². The van der Waals surface area contributed by atoms with Crippen LogP contribution in [0.2, 0.25) is 0 Å². The first-order valence-corrected chi connectivity index (χ1v) is 5.44. The van der Waals surface area contributed by atoms with Crippen LogP contribution in [0, 0.1) is 0 Å². The first-order chi connectivity index (χ1) is 8.02. The maximum atomic E-state index is 11.5. The summed E-state index contributed by atoms with van der Waals surface area (Å²) in [5, 5.41) is 2.80. The monoisotopic (exact) mass is 235 g/mol. The predicted octanol–water partition coefficient (Wildman–Crippen LogP) is 0.855. The smallest absolute Gasteiger partial charge is 0.239 e. The van der Waals surface area contributed by atoms with E-state index in [2.05, 4.69) is 10.3 Å². The number of carbonyl (C=O) groups is 2. The lowest BCUT2D eigenvalue weighted by molar-refractivity contribution is -0.120. The second-order valence-electron chi connectivity index (χ2n) is 4.15. The second kappa shape index (κ2) is 5.98. The predicted molar refractivity (Wildman–Crippen MR) is 66.2 cm³/mol. The summed E-state index contributed by atoms with van der Waals surface area (Å²) < 4.78 is 0. The zero-order chi connectivity index (χ0) is 12.8. The molecule has 0 saturated heterocycles. The van der Waals surface area contributed by atoms with Crippen LogP contribution in [0.4, 0.5) is 5.82 Å². The number of anilines is 1. The number of nitrogens with one attached hydrogen (secondary N) is 1. The average molecular weight is 235 g/mol. The third kappa shape index (κ3) is 4.22. The molecule has 5 nitrogen and oxygen atoms in total. The van der Waals surface area contributed by atoms with Gasteiger partial charge in [0.15, 0.2) is 6.29 Å². The Morgan fingerprint density at radius 2 is 2.24 bits per heavy atom. The van der Waals surface area contributed by atoms with E-state index in [0.717, 1.165) is 6.29 Å². The van der Waals surface area contributed by atoms with Crippen molar-refractivity contribution in [1.29, 1.82) is 0 Å². The highest BCUT2D eigenvalue weighted by Crippen LogP contribution is 2.07. The van der Waals surface area contributed by atoms with Gasteiger partial charge in [0.1, 0.15) is 5.82 Å². The lowest BCUT2D eigenvalue weighted by atomic mass is 10.3. The van der Waals surface area contributed by atoms with Gasteiger partial charge in [-0.15, -0.1) is 0 Å². The Balaban J connectivity index is 2.59. The molecule has 1 aromatic heterocycles. The number of pyridine rings is 1. The third-order valence-electron chi connectivity index (χ3n) is 2.13. The molecule has 0 saturated carbocycles. The standard InChI is InChI=1S/C12H17N3O2/c1-9(2)14-12(17)7-15(3)11-5-4-10(8-16)6-13-11/h4-6,8-9H,7H2,1-3H3,(H,14,17). The van der Waals surface area contributed by atoms with Gasteiger partial charge in [0, 0.05) is 24.8 Å². The Morgan fingerprint density at radius 3 is 2.71 bits per heavy atom. The maximum Gasteiger partial charge on any atom is 0.239 e. The molecule has 1 heterocycles. The molecular formula is C12H17N3O2. The van der Waals surface area contributed by atoms with Crippen LogP contribution in [-0.4, -0.2) is 36.8 Å². The van der Waals surface area contributed by atoms with Crippen molar-refractivity contribution >= 4 is 18.0 Å². The molecule has 0 fully saturated rings. The fraction of sp³-hybridized carbons (Fsp3) is 0.417. The summed E-state index contributed by atoms with van der Waals surface area (Å²) in [5.41, 5.74) is 0.522. The molecule has 0 bridgehead atoms. The molecule has 0 radical (unpaired) electrons. The van der Waals surface area contributed by atoms with E-state index in [9.17, 15) is 9.59 Å². The Bertz CT molecular complexity index is 387. The van der Waals surface area contributed by atoms with Crippen LogP contribution in [0.1, 0.15) is 24.2 Å². The van der Waals surface area contributed by atoms with E-state index in [0.29, 0.717) is 11.4 Å². The number of aldehydes is 1. The molecule has 1 N–H and O–H groups in total. The fourth-order valence-electron chi connectivity index (χ4n) is 1.36. The minimum atomic E-state index is -0.0521. The molecule has 92 valence electrons. The van der Waals surface area contributed by atoms with Crippen molar-refractivity contribution < 1.29 is 9.59 Å². The van der Waals surface area contributed by atoms with Gasteiger partial charge in [0.05, 0.1) is 6.54 Å². The van der Waals surface area contributed by atoms with Gasteiger partial charge in [0.25, 0.3) is 0 Å². The van der Waals surface area contributed by atoms with Crippen LogP contribution in [0.5, 0.6) is 0 Å². The quantitative estimate of drug-likeness (QED) is 0.769. The summed E-state index contributed by atoms with van der Waals surface area (Å²) in [6.07, 6.45) is 2.22. The summed E-state index contributed by atoms with van der Waals surface area (Å²) in [6, 6.07) is 3.51. The molecule has 0 aliphatic rings. The largest absolute Gasteiger partial charge is 0.352 e. The number of rotatable bonds is 5. The lowest BCUT2D eigenvalue weighted by Gasteiger charge is -2.18. The highest BCUT2D eigenvalue weighted by molar-refractivity contribution is 5.81. The van der Waals surface area contributed by atoms with E-state index in [1.165, 1.54) is 6.20 Å². The molecule has 0 atom stereocenters. The Hall–Kier alpha value is -1.91. The number of carbonyl (C=O) groups excluding carboxylic acids is 2. The van der Waals surface area contributed by atoms with Crippen molar-refractivity contribution in [2.45, 2.75) is 19.9 Å². The summed E-state index contributed by atoms with van der Waals surface area (Å²) >= 11 is 0. The molecule has 0 spiro atoms.